The predicted octanol–water partition coefficient (Wildman–Crippen LogP) is 16.4. The molecular weight excluding hydrogens is 721 g/mol. The lowest BCUT2D eigenvalue weighted by Crippen LogP contribution is -2.30. The first-order chi connectivity index (χ1) is 28.1. The molecule has 0 bridgehead atoms. The van der Waals surface area contributed by atoms with Crippen LogP contribution in [0.4, 0.5) is 0 Å². The summed E-state index contributed by atoms with van der Waals surface area (Å²) < 4.78 is 16.8. The molecule has 1 atom stereocenters. The van der Waals surface area contributed by atoms with E-state index in [1.54, 1.807) is 0 Å². The third kappa shape index (κ3) is 45.5. The topological polar surface area (TPSA) is 78.9 Å². The summed E-state index contributed by atoms with van der Waals surface area (Å²) in [6.45, 7) is 13.7. The Morgan fingerprint density at radius 3 is 0.741 bits per heavy atom. The second-order valence-electron chi connectivity index (χ2n) is 19.2. The van der Waals surface area contributed by atoms with Crippen LogP contribution in [0.25, 0.3) is 0 Å². The van der Waals surface area contributed by atoms with E-state index in [0.29, 0.717) is 19.3 Å². The summed E-state index contributed by atoms with van der Waals surface area (Å²) in [5.74, 6) is 1.60. The Balaban J connectivity index is 4.30. The predicted molar refractivity (Wildman–Crippen MR) is 247 cm³/mol. The van der Waals surface area contributed by atoms with E-state index < -0.39 is 6.10 Å². The second-order valence-corrected chi connectivity index (χ2v) is 19.2. The Bertz CT molecular complexity index is 898. The molecule has 0 aromatic carbocycles. The molecular formula is C52H100O6. The minimum atomic E-state index is -0.762. The van der Waals surface area contributed by atoms with E-state index in [0.717, 1.165) is 75.5 Å². The monoisotopic (exact) mass is 821 g/mol. The van der Waals surface area contributed by atoms with Gasteiger partial charge in [-0.15, -0.1) is 0 Å². The van der Waals surface area contributed by atoms with Crippen molar-refractivity contribution in [1.82, 2.24) is 0 Å². The van der Waals surface area contributed by atoms with E-state index >= 15 is 0 Å². The molecule has 0 aliphatic heterocycles. The van der Waals surface area contributed by atoms with Crippen LogP contribution in [-0.2, 0) is 28.6 Å². The fourth-order valence-corrected chi connectivity index (χ4v) is 7.76. The smallest absolute Gasteiger partial charge is 0.306 e. The molecule has 0 aromatic heterocycles. The summed E-state index contributed by atoms with van der Waals surface area (Å²) in [5, 5.41) is 0. The maximum absolute atomic E-state index is 12.8. The molecule has 0 unspecified atom stereocenters. The van der Waals surface area contributed by atoms with E-state index in [1.807, 2.05) is 0 Å². The first-order valence-electron chi connectivity index (χ1n) is 25.6. The highest BCUT2D eigenvalue weighted by Crippen LogP contribution is 2.17. The molecule has 0 aliphatic carbocycles. The van der Waals surface area contributed by atoms with Crippen molar-refractivity contribution < 1.29 is 28.6 Å². The molecule has 0 radical (unpaired) electrons. The number of carbonyl (C=O) groups is 3. The largest absolute Gasteiger partial charge is 0.462 e. The minimum absolute atomic E-state index is 0.0650. The average Bonchev–Trinajstić information content (AvgIpc) is 3.18. The number of hydrogen-bond acceptors (Lipinski definition) is 6. The first kappa shape index (κ1) is 56.4. The fourth-order valence-electron chi connectivity index (χ4n) is 7.76. The molecule has 0 spiro atoms. The Morgan fingerprint density at radius 2 is 0.500 bits per heavy atom. The van der Waals surface area contributed by atoms with Gasteiger partial charge in [0.05, 0.1) is 0 Å². The van der Waals surface area contributed by atoms with Crippen LogP contribution in [0.5, 0.6) is 0 Å². The van der Waals surface area contributed by atoms with Crippen LogP contribution in [0.1, 0.15) is 279 Å². The van der Waals surface area contributed by atoms with Gasteiger partial charge in [0, 0.05) is 19.3 Å². The molecule has 6 nitrogen and oxygen atoms in total. The van der Waals surface area contributed by atoms with Crippen LogP contribution in [-0.4, -0.2) is 37.2 Å². The van der Waals surface area contributed by atoms with E-state index in [2.05, 4.69) is 41.5 Å². The van der Waals surface area contributed by atoms with Crippen molar-refractivity contribution in [3.63, 3.8) is 0 Å². The Kier molecular flexibility index (Phi) is 42.3. The van der Waals surface area contributed by atoms with Crippen LogP contribution < -0.4 is 0 Å². The highest BCUT2D eigenvalue weighted by Gasteiger charge is 2.19. The van der Waals surface area contributed by atoms with Crippen molar-refractivity contribution in [2.24, 2.45) is 17.8 Å². The molecule has 0 heterocycles. The van der Waals surface area contributed by atoms with Crippen LogP contribution in [0.3, 0.4) is 0 Å². The molecule has 0 amide bonds. The van der Waals surface area contributed by atoms with Gasteiger partial charge in [0.1, 0.15) is 13.2 Å². The van der Waals surface area contributed by atoms with E-state index in [9.17, 15) is 14.4 Å². The number of carbonyl (C=O) groups excluding carboxylic acids is 3. The third-order valence-corrected chi connectivity index (χ3v) is 11.6. The quantitative estimate of drug-likeness (QED) is 0.0346. The lowest BCUT2D eigenvalue weighted by Gasteiger charge is -2.18. The zero-order valence-corrected chi connectivity index (χ0v) is 39.8. The minimum Gasteiger partial charge on any atom is -0.462 e. The maximum Gasteiger partial charge on any atom is 0.306 e. The van der Waals surface area contributed by atoms with Crippen LogP contribution >= 0.6 is 0 Å². The fraction of sp³-hybridized carbons (Fsp3) is 0.942. The number of hydrogen-bond donors (Lipinski definition) is 0. The summed E-state index contributed by atoms with van der Waals surface area (Å²) >= 11 is 0. The van der Waals surface area contributed by atoms with Gasteiger partial charge < -0.3 is 14.2 Å². The number of unbranched alkanes of at least 4 members (excludes halogenated alkanes) is 28. The number of esters is 3. The van der Waals surface area contributed by atoms with E-state index in [-0.39, 0.29) is 31.1 Å². The van der Waals surface area contributed by atoms with Gasteiger partial charge in [-0.2, -0.15) is 0 Å². The standard InChI is InChI=1S/C52H100O6/c1-46(2)38-32-26-20-14-10-8-7-9-11-16-23-29-35-41-50(53)56-44-49(45-57-51(54)42-36-30-24-19-18-22-28-34-40-48(5)6)58-52(55)43-37-31-25-17-13-12-15-21-27-33-39-47(3)4/h46-49H,7-45H2,1-6H3/t49-/m0/s1. The Labute approximate surface area is 361 Å². The van der Waals surface area contributed by atoms with Gasteiger partial charge in [0.15, 0.2) is 6.10 Å². The van der Waals surface area contributed by atoms with Crippen molar-refractivity contribution in [2.75, 3.05) is 13.2 Å². The molecule has 344 valence electrons. The zero-order chi connectivity index (χ0) is 42.7. The maximum atomic E-state index is 12.8. The number of rotatable bonds is 45. The molecule has 0 saturated heterocycles. The molecule has 0 N–H and O–H groups in total. The SMILES string of the molecule is CC(C)CCCCCCCCCCCCCCCC(=O)OC[C@@H](COC(=O)CCCCCCCCCCC(C)C)OC(=O)CCCCCCCCCCCCC(C)C. The van der Waals surface area contributed by atoms with Gasteiger partial charge in [-0.3, -0.25) is 14.4 Å². The van der Waals surface area contributed by atoms with Crippen LogP contribution in [0.15, 0.2) is 0 Å². The Hall–Kier alpha value is -1.59. The molecule has 0 rings (SSSR count). The van der Waals surface area contributed by atoms with Crippen LogP contribution in [0, 0.1) is 17.8 Å². The van der Waals surface area contributed by atoms with Gasteiger partial charge in [0.2, 0.25) is 0 Å². The highest BCUT2D eigenvalue weighted by atomic mass is 16.6. The molecule has 0 aromatic rings. The highest BCUT2D eigenvalue weighted by molar-refractivity contribution is 5.71. The Morgan fingerprint density at radius 1 is 0.293 bits per heavy atom. The van der Waals surface area contributed by atoms with E-state index in [4.69, 9.17) is 14.2 Å². The molecule has 0 aliphatic rings. The van der Waals surface area contributed by atoms with Crippen molar-refractivity contribution in [2.45, 2.75) is 285 Å². The van der Waals surface area contributed by atoms with Crippen molar-refractivity contribution >= 4 is 17.9 Å². The van der Waals surface area contributed by atoms with Crippen molar-refractivity contribution in [3.8, 4) is 0 Å². The summed E-state index contributed by atoms with van der Waals surface area (Å²) in [6.07, 6.45) is 42.4. The van der Waals surface area contributed by atoms with Crippen LogP contribution in [0.2, 0.25) is 0 Å². The van der Waals surface area contributed by atoms with Crippen molar-refractivity contribution in [1.29, 1.82) is 0 Å². The molecule has 0 fully saturated rings. The number of ether oxygens (including phenoxy) is 3. The second kappa shape index (κ2) is 43.5. The average molecular weight is 821 g/mol. The van der Waals surface area contributed by atoms with Gasteiger partial charge in [-0.1, -0.05) is 241 Å². The van der Waals surface area contributed by atoms with Gasteiger partial charge >= 0.3 is 17.9 Å². The third-order valence-electron chi connectivity index (χ3n) is 11.6. The molecule has 0 saturated carbocycles. The lowest BCUT2D eigenvalue weighted by molar-refractivity contribution is -0.167. The van der Waals surface area contributed by atoms with Gasteiger partial charge in [0.25, 0.3) is 0 Å². The lowest BCUT2D eigenvalue weighted by atomic mass is 10.0. The van der Waals surface area contributed by atoms with Gasteiger partial charge in [-0.25, -0.2) is 0 Å². The summed E-state index contributed by atoms with van der Waals surface area (Å²) in [7, 11) is 0. The normalized spacial score (nSPS) is 12.2. The zero-order valence-electron chi connectivity index (χ0n) is 39.8. The first-order valence-corrected chi connectivity index (χ1v) is 25.6. The molecule has 58 heavy (non-hydrogen) atoms. The summed E-state index contributed by atoms with van der Waals surface area (Å²) in [5.41, 5.74) is 0. The molecule has 6 heteroatoms. The summed E-state index contributed by atoms with van der Waals surface area (Å²) in [4.78, 5) is 37.9. The summed E-state index contributed by atoms with van der Waals surface area (Å²) in [6, 6.07) is 0. The van der Waals surface area contributed by atoms with E-state index in [1.165, 1.54) is 161 Å². The van der Waals surface area contributed by atoms with Crippen molar-refractivity contribution in [3.05, 3.63) is 0 Å². The van der Waals surface area contributed by atoms with Gasteiger partial charge in [-0.05, 0) is 37.0 Å².